The van der Waals surface area contributed by atoms with Gasteiger partial charge in [-0.2, -0.15) is 0 Å². The molecule has 2 aromatic rings. The van der Waals surface area contributed by atoms with E-state index in [1.165, 1.54) is 10.1 Å². The van der Waals surface area contributed by atoms with Crippen molar-refractivity contribution in [2.45, 2.75) is 0 Å². The van der Waals surface area contributed by atoms with E-state index in [1.54, 1.807) is 0 Å². The van der Waals surface area contributed by atoms with Crippen molar-refractivity contribution in [1.82, 2.24) is 4.98 Å². The molecule has 0 aliphatic carbocycles. The number of hydrogen-bond acceptors (Lipinski definition) is 1. The van der Waals surface area contributed by atoms with Gasteiger partial charge in [0.1, 0.15) is 0 Å². The van der Waals surface area contributed by atoms with E-state index < -0.39 is 0 Å². The zero-order valence-corrected chi connectivity index (χ0v) is 8.50. The Bertz CT molecular complexity index is 251. The second-order valence-corrected chi connectivity index (χ2v) is 5.14. The van der Waals surface area contributed by atoms with Crippen LogP contribution in [0.25, 0.3) is 10.1 Å². The Labute approximate surface area is 71.2 Å². The van der Waals surface area contributed by atoms with E-state index in [4.69, 9.17) is 0 Å². The van der Waals surface area contributed by atoms with Gasteiger partial charge in [-0.3, -0.25) is 0 Å². The van der Waals surface area contributed by atoms with Gasteiger partial charge in [-0.05, 0) is 0 Å². The third-order valence-corrected chi connectivity index (χ3v) is 4.11. The average molecular weight is 260 g/mol. The van der Waals surface area contributed by atoms with E-state index in [1.807, 2.05) is 6.20 Å². The van der Waals surface area contributed by atoms with Gasteiger partial charge in [-0.15, -0.1) is 0 Å². The second-order valence-electron chi connectivity index (χ2n) is 1.77. The molecule has 0 saturated heterocycles. The third-order valence-electron chi connectivity index (χ3n) is 1.13. The normalized spacial score (nSPS) is 10.0. The van der Waals surface area contributed by atoms with Gasteiger partial charge in [0.05, 0.1) is 0 Å². The van der Waals surface area contributed by atoms with Crippen LogP contribution in [0.5, 0.6) is 0 Å². The van der Waals surface area contributed by atoms with Crippen molar-refractivity contribution in [3.63, 3.8) is 0 Å². The van der Waals surface area contributed by atoms with Crippen LogP contribution >= 0.6 is 0 Å². The van der Waals surface area contributed by atoms with Crippen molar-refractivity contribution in [3.05, 3.63) is 27.1 Å². The predicted octanol–water partition coefficient (Wildman–Crippen LogP) is 0.663. The second kappa shape index (κ2) is 2.89. The number of hydrogen-bond donors (Lipinski definition) is 0. The summed E-state index contributed by atoms with van der Waals surface area (Å²) < 4.78 is 1.24. The number of nitrogens with zero attached hydrogens (tertiary/aromatic N) is 1. The topological polar surface area (TPSA) is 12.9 Å². The van der Waals surface area contributed by atoms with E-state index in [0.717, 1.165) is 0 Å². The summed E-state index contributed by atoms with van der Waals surface area (Å²) in [6.07, 6.45) is 1.89. The number of aromatic nitrogens is 1. The molecule has 0 saturated carbocycles. The summed E-state index contributed by atoms with van der Waals surface area (Å²) in [7, 11) is 0. The third kappa shape index (κ3) is 1.18. The van der Waals surface area contributed by atoms with E-state index in [2.05, 4.69) is 25.9 Å². The molecule has 0 bridgehead atoms. The van der Waals surface area contributed by atoms with Gasteiger partial charge >= 0.3 is 71.2 Å². The average Bonchev–Trinajstić information content (AvgIpc) is 2.59. The van der Waals surface area contributed by atoms with Crippen molar-refractivity contribution in [2.24, 2.45) is 0 Å². The summed E-state index contributed by atoms with van der Waals surface area (Å²) in [5.74, 6) is 0. The molecule has 0 N–H and O–H groups in total. The van der Waals surface area contributed by atoms with E-state index in [0.29, 0.717) is 29.0 Å². The molecule has 2 aromatic heterocycles. The molecule has 1 nitrogen and oxygen atoms in total. The Hall–Kier alpha value is -0.0710. The molecule has 0 spiro atoms. The molecule has 49 valence electrons. The maximum absolute atomic E-state index is 4.24. The van der Waals surface area contributed by atoms with Gasteiger partial charge in [0.2, 0.25) is 0 Å². The molecule has 0 aromatic carbocycles. The Balaban J connectivity index is 2.48. The summed E-state index contributed by atoms with van der Waals surface area (Å²) in [4.78, 5) is 11.9. The van der Waals surface area contributed by atoms with Crippen LogP contribution in [0.2, 0.25) is 0 Å². The molecular formula is C7H4NSe2. The van der Waals surface area contributed by atoms with Crippen molar-refractivity contribution >= 4 is 29.0 Å². The van der Waals surface area contributed by atoms with Gasteiger partial charge in [0.25, 0.3) is 0 Å². The first-order chi connectivity index (χ1) is 4.97. The van der Waals surface area contributed by atoms with E-state index in [-0.39, 0.29) is 0 Å². The SMILES string of the molecule is [c]1[se]ccc1-c1ncc[se]1. The van der Waals surface area contributed by atoms with Gasteiger partial charge in [0.15, 0.2) is 0 Å². The first-order valence-corrected chi connectivity index (χ1v) is 6.51. The number of rotatable bonds is 1. The minimum absolute atomic E-state index is 0.479. The van der Waals surface area contributed by atoms with E-state index >= 15 is 0 Å². The Morgan fingerprint density at radius 2 is 2.40 bits per heavy atom. The Morgan fingerprint density at radius 1 is 1.40 bits per heavy atom. The molecule has 0 aliphatic heterocycles. The van der Waals surface area contributed by atoms with Crippen LogP contribution in [-0.4, -0.2) is 34.0 Å². The molecule has 3 heteroatoms. The summed E-state index contributed by atoms with van der Waals surface area (Å²) >= 11 is 0.962. The summed E-state index contributed by atoms with van der Waals surface area (Å²) in [5.41, 5.74) is 1.24. The van der Waals surface area contributed by atoms with Crippen LogP contribution < -0.4 is 0 Å². The minimum atomic E-state index is 0.479. The predicted molar refractivity (Wildman–Crippen MR) is 42.4 cm³/mol. The molecule has 2 rings (SSSR count). The summed E-state index contributed by atoms with van der Waals surface area (Å²) in [6.45, 7) is 0. The fourth-order valence-electron chi connectivity index (χ4n) is 0.705. The monoisotopic (exact) mass is 262 g/mol. The molecule has 0 fully saturated rings. The molecule has 10 heavy (non-hydrogen) atoms. The standard InChI is InChI=1S/C7H4NSe2/c1-3-9-5-6(1)7-8-2-4-10-7/h1-4H. The molecule has 0 amide bonds. The van der Waals surface area contributed by atoms with Crippen molar-refractivity contribution in [3.8, 4) is 10.1 Å². The molecule has 0 atom stereocenters. The molecule has 0 unspecified atom stereocenters. The van der Waals surface area contributed by atoms with Crippen LogP contribution in [0.3, 0.4) is 0 Å². The summed E-state index contributed by atoms with van der Waals surface area (Å²) in [5, 5.41) is 0. The first-order valence-electron chi connectivity index (χ1n) is 2.82. The Kier molecular flexibility index (Phi) is 1.92. The van der Waals surface area contributed by atoms with Crippen molar-refractivity contribution < 1.29 is 0 Å². The maximum atomic E-state index is 4.24. The van der Waals surface area contributed by atoms with Crippen LogP contribution in [-0.2, 0) is 0 Å². The van der Waals surface area contributed by atoms with Gasteiger partial charge in [-0.25, -0.2) is 0 Å². The van der Waals surface area contributed by atoms with Crippen LogP contribution in [0, 0.1) is 4.94 Å². The van der Waals surface area contributed by atoms with E-state index in [9.17, 15) is 0 Å². The molecule has 2 heterocycles. The van der Waals surface area contributed by atoms with Crippen molar-refractivity contribution in [1.29, 1.82) is 0 Å². The Morgan fingerprint density at radius 3 is 3.00 bits per heavy atom. The molecule has 1 radical (unpaired) electrons. The van der Waals surface area contributed by atoms with Gasteiger partial charge in [-0.1, -0.05) is 0 Å². The van der Waals surface area contributed by atoms with Gasteiger partial charge < -0.3 is 0 Å². The van der Waals surface area contributed by atoms with Crippen LogP contribution in [0.15, 0.2) is 22.1 Å². The fourth-order valence-corrected chi connectivity index (χ4v) is 3.51. The molecular weight excluding hydrogens is 256 g/mol. The van der Waals surface area contributed by atoms with Gasteiger partial charge in [0, 0.05) is 0 Å². The van der Waals surface area contributed by atoms with Crippen molar-refractivity contribution in [2.75, 3.05) is 0 Å². The molecule has 0 aliphatic rings. The fraction of sp³-hybridized carbons (Fsp3) is 0. The first kappa shape index (κ1) is 6.63. The zero-order valence-electron chi connectivity index (χ0n) is 5.07. The summed E-state index contributed by atoms with van der Waals surface area (Å²) in [6, 6.07) is 2.13. The zero-order chi connectivity index (χ0) is 6.81. The quantitative estimate of drug-likeness (QED) is 0.686. The van der Waals surface area contributed by atoms with Crippen LogP contribution in [0.1, 0.15) is 0 Å². The van der Waals surface area contributed by atoms with Crippen LogP contribution in [0.4, 0.5) is 0 Å².